The molecule has 7 heteroatoms. The Morgan fingerprint density at radius 2 is 2.12 bits per heavy atom. The number of allylic oxidation sites excluding steroid dienone is 1. The van der Waals surface area contributed by atoms with Crippen LogP contribution in [-0.2, 0) is 0 Å². The Hall–Kier alpha value is -2.86. The predicted molar refractivity (Wildman–Crippen MR) is 98.8 cm³/mol. The van der Waals surface area contributed by atoms with Crippen LogP contribution in [0.15, 0.2) is 54.9 Å². The van der Waals surface area contributed by atoms with Crippen LogP contribution in [0.1, 0.15) is 24.1 Å². The number of aromatic nitrogens is 3. The van der Waals surface area contributed by atoms with Gasteiger partial charge >= 0.3 is 0 Å². The molecule has 0 radical (unpaired) electrons. The Morgan fingerprint density at radius 1 is 1.27 bits per heavy atom. The van der Waals surface area contributed by atoms with Gasteiger partial charge in [-0.25, -0.2) is 9.07 Å². The standard InChI is InChI=1S/C19H16ClFN4O/c1-2-26-18-8-7-12(9-14(18)20)16-10-17(13-5-3-4-6-15(13)21)25-19(24-16)22-11-23-25/h3-11,17H,2H2,1H3,(H,22,23,24)/t17-/m1/s1. The van der Waals surface area contributed by atoms with Crippen molar-refractivity contribution in [2.45, 2.75) is 13.0 Å². The average molecular weight is 371 g/mol. The minimum Gasteiger partial charge on any atom is -0.492 e. The van der Waals surface area contributed by atoms with E-state index in [4.69, 9.17) is 16.3 Å². The lowest BCUT2D eigenvalue weighted by Crippen LogP contribution is -2.21. The summed E-state index contributed by atoms with van der Waals surface area (Å²) in [5.74, 6) is 0.880. The van der Waals surface area contributed by atoms with E-state index < -0.39 is 6.04 Å². The van der Waals surface area contributed by atoms with Crippen LogP contribution in [0.4, 0.5) is 10.3 Å². The molecule has 5 nitrogen and oxygen atoms in total. The summed E-state index contributed by atoms with van der Waals surface area (Å²) in [6, 6.07) is 11.8. The van der Waals surface area contributed by atoms with Crippen LogP contribution in [-0.4, -0.2) is 21.4 Å². The number of hydrogen-bond donors (Lipinski definition) is 1. The van der Waals surface area contributed by atoms with E-state index in [2.05, 4.69) is 15.4 Å². The summed E-state index contributed by atoms with van der Waals surface area (Å²) in [7, 11) is 0. The van der Waals surface area contributed by atoms with E-state index in [0.717, 1.165) is 11.3 Å². The molecule has 0 saturated carbocycles. The number of anilines is 1. The molecule has 1 N–H and O–H groups in total. The maximum atomic E-state index is 14.4. The molecule has 132 valence electrons. The second-order valence-electron chi connectivity index (χ2n) is 5.78. The minimum absolute atomic E-state index is 0.291. The van der Waals surface area contributed by atoms with Crippen molar-refractivity contribution in [1.29, 1.82) is 0 Å². The molecule has 1 aromatic heterocycles. The number of nitrogens with zero attached hydrogens (tertiary/aromatic N) is 3. The molecule has 0 amide bonds. The van der Waals surface area contributed by atoms with E-state index in [9.17, 15) is 4.39 Å². The van der Waals surface area contributed by atoms with Crippen LogP contribution in [0.5, 0.6) is 5.75 Å². The first-order valence-electron chi connectivity index (χ1n) is 8.23. The fraction of sp³-hybridized carbons (Fsp3) is 0.158. The van der Waals surface area contributed by atoms with Gasteiger partial charge in [-0.15, -0.1) is 0 Å². The first-order valence-corrected chi connectivity index (χ1v) is 8.60. The number of benzene rings is 2. The van der Waals surface area contributed by atoms with Crippen molar-refractivity contribution < 1.29 is 9.13 Å². The van der Waals surface area contributed by atoms with Crippen molar-refractivity contribution in [2.24, 2.45) is 0 Å². The highest BCUT2D eigenvalue weighted by molar-refractivity contribution is 6.32. The molecule has 0 saturated heterocycles. The Morgan fingerprint density at radius 3 is 2.88 bits per heavy atom. The van der Waals surface area contributed by atoms with Gasteiger partial charge in [-0.05, 0) is 42.8 Å². The molecule has 3 aromatic rings. The molecule has 1 atom stereocenters. The third kappa shape index (κ3) is 2.93. The number of nitrogens with one attached hydrogen (secondary N) is 1. The summed E-state index contributed by atoms with van der Waals surface area (Å²) in [6.45, 7) is 2.44. The number of halogens is 2. The third-order valence-electron chi connectivity index (χ3n) is 4.17. The zero-order chi connectivity index (χ0) is 18.1. The summed E-state index contributed by atoms with van der Waals surface area (Å²) in [4.78, 5) is 4.23. The van der Waals surface area contributed by atoms with Gasteiger partial charge in [0.1, 0.15) is 23.9 Å². The van der Waals surface area contributed by atoms with Crippen LogP contribution in [0.2, 0.25) is 5.02 Å². The molecular formula is C19H16ClFN4O. The molecule has 2 heterocycles. The molecule has 0 spiro atoms. The molecule has 0 fully saturated rings. The summed E-state index contributed by atoms with van der Waals surface area (Å²) < 4.78 is 21.5. The number of rotatable bonds is 4. The van der Waals surface area contributed by atoms with Gasteiger partial charge in [-0.3, -0.25) is 0 Å². The van der Waals surface area contributed by atoms with Gasteiger partial charge < -0.3 is 10.1 Å². The van der Waals surface area contributed by atoms with E-state index in [-0.39, 0.29) is 5.82 Å². The Labute approximate surface area is 155 Å². The number of fused-ring (bicyclic) bond motifs is 1. The molecule has 4 rings (SSSR count). The Balaban J connectivity index is 1.78. The first-order chi connectivity index (χ1) is 12.7. The zero-order valence-corrected chi connectivity index (χ0v) is 14.7. The van der Waals surface area contributed by atoms with Gasteiger partial charge in [0.15, 0.2) is 0 Å². The lowest BCUT2D eigenvalue weighted by Gasteiger charge is -2.25. The normalized spacial score (nSPS) is 15.8. The van der Waals surface area contributed by atoms with E-state index in [1.807, 2.05) is 31.2 Å². The first kappa shape index (κ1) is 16.6. The second kappa shape index (κ2) is 6.80. The lowest BCUT2D eigenvalue weighted by molar-refractivity contribution is 0.340. The largest absolute Gasteiger partial charge is 0.492 e. The molecule has 26 heavy (non-hydrogen) atoms. The van der Waals surface area contributed by atoms with Crippen LogP contribution < -0.4 is 10.1 Å². The van der Waals surface area contributed by atoms with Crippen molar-refractivity contribution in [2.75, 3.05) is 11.9 Å². The number of hydrogen-bond acceptors (Lipinski definition) is 4. The van der Waals surface area contributed by atoms with Crippen molar-refractivity contribution >= 4 is 23.2 Å². The summed E-state index contributed by atoms with van der Waals surface area (Å²) in [5, 5.41) is 7.96. The molecule has 0 unspecified atom stereocenters. The predicted octanol–water partition coefficient (Wildman–Crippen LogP) is 4.53. The van der Waals surface area contributed by atoms with Crippen LogP contribution in [0, 0.1) is 5.82 Å². The molecular weight excluding hydrogens is 355 g/mol. The Bertz CT molecular complexity index is 985. The number of ether oxygens (including phenoxy) is 1. The van der Waals surface area contributed by atoms with Gasteiger partial charge in [0, 0.05) is 11.3 Å². The van der Waals surface area contributed by atoms with E-state index in [1.165, 1.54) is 12.4 Å². The van der Waals surface area contributed by atoms with Gasteiger partial charge in [-0.2, -0.15) is 10.1 Å². The highest BCUT2D eigenvalue weighted by Crippen LogP contribution is 2.35. The summed E-state index contributed by atoms with van der Waals surface area (Å²) >= 11 is 6.31. The van der Waals surface area contributed by atoms with Gasteiger partial charge in [0.05, 0.1) is 11.6 Å². The van der Waals surface area contributed by atoms with E-state index >= 15 is 0 Å². The fourth-order valence-corrected chi connectivity index (χ4v) is 3.21. The van der Waals surface area contributed by atoms with Crippen LogP contribution >= 0.6 is 11.6 Å². The topological polar surface area (TPSA) is 52.0 Å². The monoisotopic (exact) mass is 370 g/mol. The molecule has 0 bridgehead atoms. The van der Waals surface area contributed by atoms with E-state index in [0.29, 0.717) is 28.9 Å². The van der Waals surface area contributed by atoms with Crippen LogP contribution in [0.3, 0.4) is 0 Å². The quantitative estimate of drug-likeness (QED) is 0.733. The van der Waals surface area contributed by atoms with Gasteiger partial charge in [-0.1, -0.05) is 29.8 Å². The van der Waals surface area contributed by atoms with Crippen LogP contribution in [0.25, 0.3) is 5.70 Å². The summed E-state index contributed by atoms with van der Waals surface area (Å²) in [6.07, 6.45) is 3.35. The second-order valence-corrected chi connectivity index (χ2v) is 6.19. The van der Waals surface area contributed by atoms with E-state index in [1.54, 1.807) is 22.9 Å². The Kier molecular flexibility index (Phi) is 4.34. The molecule has 0 aliphatic carbocycles. The molecule has 1 aliphatic rings. The van der Waals surface area contributed by atoms with Crippen molar-refractivity contribution in [1.82, 2.24) is 14.8 Å². The van der Waals surface area contributed by atoms with Crippen molar-refractivity contribution in [3.05, 3.63) is 76.8 Å². The summed E-state index contributed by atoms with van der Waals surface area (Å²) in [5.41, 5.74) is 2.16. The van der Waals surface area contributed by atoms with Gasteiger partial charge in [0.25, 0.3) is 0 Å². The fourth-order valence-electron chi connectivity index (χ4n) is 2.98. The highest BCUT2D eigenvalue weighted by Gasteiger charge is 2.25. The molecule has 1 aliphatic heterocycles. The van der Waals surface area contributed by atoms with Crippen molar-refractivity contribution in [3.8, 4) is 5.75 Å². The third-order valence-corrected chi connectivity index (χ3v) is 4.47. The smallest absolute Gasteiger partial charge is 0.226 e. The highest BCUT2D eigenvalue weighted by atomic mass is 35.5. The minimum atomic E-state index is -0.407. The lowest BCUT2D eigenvalue weighted by atomic mass is 10.0. The maximum absolute atomic E-state index is 14.4. The average Bonchev–Trinajstić information content (AvgIpc) is 3.12. The van der Waals surface area contributed by atoms with Crippen molar-refractivity contribution in [3.63, 3.8) is 0 Å². The molecule has 2 aromatic carbocycles. The maximum Gasteiger partial charge on any atom is 0.226 e. The zero-order valence-electron chi connectivity index (χ0n) is 14.0. The SMILES string of the molecule is CCOc1ccc(C2=C[C@H](c3ccccc3F)n3ncnc3N2)cc1Cl. The van der Waals surface area contributed by atoms with Gasteiger partial charge in [0.2, 0.25) is 5.95 Å².